The van der Waals surface area contributed by atoms with Crippen molar-refractivity contribution >= 4 is 67.3 Å². The number of hydrogen-bond donors (Lipinski definition) is 5. The molecule has 0 saturated carbocycles. The fourth-order valence-electron chi connectivity index (χ4n) is 11.9. The van der Waals surface area contributed by atoms with Crippen LogP contribution in [-0.2, 0) is 48.8 Å². The summed E-state index contributed by atoms with van der Waals surface area (Å²) in [6, 6.07) is 52.0. The van der Waals surface area contributed by atoms with Gasteiger partial charge >= 0.3 is 497 Å². The second-order valence-corrected chi connectivity index (χ2v) is 27.8. The van der Waals surface area contributed by atoms with Gasteiger partial charge in [-0.25, -0.2) is 0 Å². The van der Waals surface area contributed by atoms with E-state index in [9.17, 15) is 24.1 Å². The number of benzene rings is 6. The Morgan fingerprint density at radius 1 is 0.568 bits per heavy atom. The number of methoxy groups -OCH3 is 3. The van der Waals surface area contributed by atoms with Crippen LogP contribution in [-0.4, -0.2) is 130 Å². The summed E-state index contributed by atoms with van der Waals surface area (Å²) in [4.78, 5) is 89.4. The van der Waals surface area contributed by atoms with Crippen molar-refractivity contribution in [2.24, 2.45) is 11.8 Å². The molecule has 2 saturated heterocycles. The molecule has 2 aliphatic rings. The van der Waals surface area contributed by atoms with Gasteiger partial charge in [0.05, 0.1) is 21.3 Å². The van der Waals surface area contributed by atoms with E-state index in [0.717, 1.165) is 33.4 Å². The van der Waals surface area contributed by atoms with Crippen molar-refractivity contribution in [2.45, 2.75) is 88.6 Å². The number of fused-ring (bicyclic) bond motifs is 2. The van der Waals surface area contributed by atoms with Crippen LogP contribution in [0.25, 0.3) is 22.3 Å². The third-order valence-corrected chi connectivity index (χ3v) is 19.1. The molecule has 492 valence electrons. The van der Waals surface area contributed by atoms with Crippen molar-refractivity contribution in [1.82, 2.24) is 39.0 Å². The Balaban J connectivity index is 0.923. The Bertz CT molecular complexity index is 4410. The molecule has 0 spiro atoms. The summed E-state index contributed by atoms with van der Waals surface area (Å²) in [7, 11) is 4.79. The Hall–Kier alpha value is -8.97. The van der Waals surface area contributed by atoms with E-state index < -0.39 is 77.2 Å². The molecular formula is C69H71N10O14PSe. The van der Waals surface area contributed by atoms with Gasteiger partial charge in [0.15, 0.2) is 0 Å². The molecule has 0 aliphatic carbocycles. The molecule has 2 amide bonds. The molecule has 1 unspecified atom stereocenters. The second-order valence-electron chi connectivity index (χ2n) is 23.5. The number of aromatic nitrogens is 8. The fourth-order valence-corrected chi connectivity index (χ4v) is 14.0. The standard InChI is InChI=1S/C69H71N10O14PSe/c1-41(2)62(80)74-66-72-60-58(64(82)76-66)70-39-78(60)56-35-52(92-69(44-19-13-9-14-20-44,45-21-15-10-16-22-45)48-27-33-51(87-7)34-28-48)55(91-56)38-89-94(84,95)93-53-36-57(79-40-71-59-61(79)73-67(77-65(59)83)75-63(81)42(3)4)90-54(53)37-88-68(43-17-11-8-12-18-43,46-23-29-49(85-5)30-24-46)47-25-31-50(86-6)32-26-47/h8-34,39-42,52-57H,35-38H2,1-7H3,(H,84,95)(H2,72,74,76,80,82)(H2,73,75,77,81,83)/t52-,53-,54+,55+,56+,57+,94?/m0/s1. The number of nitrogens with zero attached hydrogens (tertiary/aromatic N) is 6. The second kappa shape index (κ2) is 28.2. The van der Waals surface area contributed by atoms with Crippen molar-refractivity contribution in [3.63, 3.8) is 0 Å². The van der Waals surface area contributed by atoms with Gasteiger partial charge in [0.25, 0.3) is 0 Å². The van der Waals surface area contributed by atoms with Gasteiger partial charge in [-0.05, 0) is 0 Å². The normalized spacial score (nSPS) is 18.9. The van der Waals surface area contributed by atoms with Gasteiger partial charge in [0, 0.05) is 5.92 Å². The van der Waals surface area contributed by atoms with Crippen LogP contribution >= 0.6 is 6.19 Å². The summed E-state index contributed by atoms with van der Waals surface area (Å²) >= 11 is 2.85. The number of nitrogens with one attached hydrogen (secondary N) is 4. The van der Waals surface area contributed by atoms with Crippen LogP contribution in [0.2, 0.25) is 0 Å². The molecule has 10 aromatic rings. The summed E-state index contributed by atoms with van der Waals surface area (Å²) in [6.07, 6.45) is -6.95. The van der Waals surface area contributed by atoms with E-state index in [4.69, 9.17) is 42.2 Å². The number of carbonyl (C=O) groups is 2. The van der Waals surface area contributed by atoms with Gasteiger partial charge in [-0.2, -0.15) is 0 Å². The first-order valence-corrected chi connectivity index (χ1v) is 34.6. The molecule has 4 aromatic heterocycles. The number of H-pyrrole nitrogens is 2. The van der Waals surface area contributed by atoms with Gasteiger partial charge in [-0.1, -0.05) is 27.7 Å². The average molecular weight is 1370 g/mol. The molecular weight excluding hydrogens is 1300 g/mol. The molecule has 26 heteroatoms. The zero-order valence-corrected chi connectivity index (χ0v) is 55.6. The van der Waals surface area contributed by atoms with Gasteiger partial charge < -0.3 is 0 Å². The van der Waals surface area contributed by atoms with Gasteiger partial charge in [-0.3, -0.25) is 4.79 Å². The molecule has 0 bridgehead atoms. The third-order valence-electron chi connectivity index (χ3n) is 16.9. The van der Waals surface area contributed by atoms with E-state index in [1.807, 2.05) is 164 Å². The number of carbonyl (C=O) groups excluding carboxylic acids is 2. The van der Waals surface area contributed by atoms with Crippen LogP contribution in [0.1, 0.15) is 86.4 Å². The first-order chi connectivity index (χ1) is 45.9. The van der Waals surface area contributed by atoms with Gasteiger partial charge in [0.2, 0.25) is 0 Å². The predicted octanol–water partition coefficient (Wildman–Crippen LogP) is 9.67. The van der Waals surface area contributed by atoms with Crippen molar-refractivity contribution in [1.29, 1.82) is 0 Å². The van der Waals surface area contributed by atoms with E-state index in [1.54, 1.807) is 58.2 Å². The van der Waals surface area contributed by atoms with Crippen molar-refractivity contribution in [3.05, 3.63) is 231 Å². The van der Waals surface area contributed by atoms with Crippen LogP contribution in [0.5, 0.6) is 17.2 Å². The number of ether oxygens (including phenoxy) is 7. The number of imidazole rings is 2. The SMILES string of the molecule is COc1ccc(C(OC[C@H]2O[C@@H](n3cnc4c(=O)[nH]c(NC(=O)C(C)C)nc43)C[C@@H]2OP(O)(=[Se])OC[C@H]2O[C@@H](n3cnc4c(=O)[nH]c(NC(=O)C(C)C)nc43)C[C@@H]2OC(c2ccccc2)(c2ccccc2)c2ccc(OC)cc2)(c2ccccc2)c2ccc(OC)cc2)cc1. The van der Waals surface area contributed by atoms with Crippen molar-refractivity contribution in [3.8, 4) is 17.2 Å². The molecule has 7 atom stereocenters. The Morgan fingerprint density at radius 2 is 0.937 bits per heavy atom. The van der Waals surface area contributed by atoms with E-state index >= 15 is 0 Å². The van der Waals surface area contributed by atoms with Gasteiger partial charge in [-0.15, -0.1) is 0 Å². The van der Waals surface area contributed by atoms with Crippen LogP contribution in [0, 0.1) is 11.8 Å². The molecule has 6 aromatic carbocycles. The summed E-state index contributed by atoms with van der Waals surface area (Å²) in [5.74, 6) is 0.143. The molecule has 2 fully saturated rings. The Labute approximate surface area is 553 Å². The summed E-state index contributed by atoms with van der Waals surface area (Å²) in [5.41, 5.74) is 0.947. The first-order valence-electron chi connectivity index (χ1n) is 30.8. The quantitative estimate of drug-likeness (QED) is 0.0202. The molecule has 5 N–H and O–H groups in total. The molecule has 6 heterocycles. The first kappa shape index (κ1) is 66.1. The molecule has 2 aliphatic heterocycles. The van der Waals surface area contributed by atoms with E-state index in [-0.39, 0.29) is 72.1 Å². The topological polar surface area (TPSA) is 289 Å². The number of hydrogen-bond acceptors (Lipinski definition) is 18. The third kappa shape index (κ3) is 13.7. The zero-order chi connectivity index (χ0) is 66.6. The zero-order valence-electron chi connectivity index (χ0n) is 53.0. The molecule has 95 heavy (non-hydrogen) atoms. The number of amides is 2. The monoisotopic (exact) mass is 1370 g/mol. The minimum atomic E-state index is -4.14. The summed E-state index contributed by atoms with van der Waals surface area (Å²) in [5, 5.41) is 5.38. The van der Waals surface area contributed by atoms with Crippen LogP contribution in [0.4, 0.5) is 11.9 Å². The van der Waals surface area contributed by atoms with E-state index in [0.29, 0.717) is 17.2 Å². The van der Waals surface area contributed by atoms with Crippen LogP contribution in [0.3, 0.4) is 0 Å². The van der Waals surface area contributed by atoms with E-state index in [2.05, 4.69) is 55.6 Å². The average Bonchev–Trinajstić information content (AvgIpc) is 1.30. The maximum atomic E-state index is 13.6. The van der Waals surface area contributed by atoms with Crippen LogP contribution < -0.4 is 36.0 Å². The van der Waals surface area contributed by atoms with Crippen molar-refractivity contribution < 1.29 is 56.7 Å². The predicted molar refractivity (Wildman–Crippen MR) is 355 cm³/mol. The Kier molecular flexibility index (Phi) is 19.6. The molecule has 24 nitrogen and oxygen atoms in total. The van der Waals surface area contributed by atoms with Crippen LogP contribution in [0.15, 0.2) is 186 Å². The van der Waals surface area contributed by atoms with Gasteiger partial charge in [0.1, 0.15) is 0 Å². The van der Waals surface area contributed by atoms with E-state index in [1.165, 1.54) is 12.7 Å². The minimum absolute atomic E-state index is 0.000520. The fraction of sp³-hybridized carbons (Fsp3) is 0.304. The number of rotatable bonds is 25. The van der Waals surface area contributed by atoms with Crippen molar-refractivity contribution in [2.75, 3.05) is 45.2 Å². The molecule has 12 rings (SSSR count). The summed E-state index contributed by atoms with van der Waals surface area (Å²) in [6.45, 7) is 6.35. The Morgan fingerprint density at radius 3 is 1.34 bits per heavy atom. The maximum absolute atomic E-state index is 13.6. The summed E-state index contributed by atoms with van der Waals surface area (Å²) < 4.78 is 62.7. The number of anilines is 2. The number of aromatic amines is 2. The molecule has 0 radical (unpaired) electrons.